The molecule has 5 heteroatoms. The first-order valence-corrected chi connectivity index (χ1v) is 9.00. The number of carbonyl (C=O) groups is 2. The van der Waals surface area contributed by atoms with E-state index in [2.05, 4.69) is 0 Å². The van der Waals surface area contributed by atoms with Gasteiger partial charge in [-0.25, -0.2) is 9.59 Å². The van der Waals surface area contributed by atoms with E-state index in [1.807, 2.05) is 24.3 Å². The van der Waals surface area contributed by atoms with Gasteiger partial charge in [0.1, 0.15) is 0 Å². The van der Waals surface area contributed by atoms with Crippen LogP contribution >= 0.6 is 0 Å². The highest BCUT2D eigenvalue weighted by atomic mass is 16.6. The van der Waals surface area contributed by atoms with Crippen LogP contribution in [0.2, 0.25) is 0 Å². The highest BCUT2D eigenvalue weighted by Crippen LogP contribution is 2.39. The summed E-state index contributed by atoms with van der Waals surface area (Å²) in [5.74, 6) is -0.780. The number of ether oxygens (including phenoxy) is 3. The molecule has 0 radical (unpaired) electrons. The van der Waals surface area contributed by atoms with Crippen LogP contribution in [0, 0.1) is 11.8 Å². The van der Waals surface area contributed by atoms with Gasteiger partial charge in [-0.1, -0.05) is 48.6 Å². The van der Waals surface area contributed by atoms with Crippen LogP contribution in [-0.4, -0.2) is 37.4 Å². The summed E-state index contributed by atoms with van der Waals surface area (Å²) in [6, 6.07) is 17.8. The summed E-state index contributed by atoms with van der Waals surface area (Å²) in [7, 11) is 0. The Balaban J connectivity index is 1.36. The normalized spacial score (nSPS) is 25.3. The van der Waals surface area contributed by atoms with Gasteiger partial charge in [0.25, 0.3) is 0 Å². The fourth-order valence-electron chi connectivity index (χ4n) is 3.56. The third-order valence-electron chi connectivity index (χ3n) is 5.03. The zero-order chi connectivity index (χ0) is 18.6. The molecule has 4 atom stereocenters. The first-order valence-electron chi connectivity index (χ1n) is 9.00. The largest absolute Gasteiger partial charge is 0.462 e. The number of fused-ring (bicyclic) bond motifs is 2. The maximum absolute atomic E-state index is 12.2. The smallest absolute Gasteiger partial charge is 0.338 e. The highest BCUT2D eigenvalue weighted by molar-refractivity contribution is 5.89. The van der Waals surface area contributed by atoms with Crippen LogP contribution in [0.3, 0.4) is 0 Å². The summed E-state index contributed by atoms with van der Waals surface area (Å²) in [6.45, 7) is 0.458. The van der Waals surface area contributed by atoms with Gasteiger partial charge in [-0.2, -0.15) is 0 Å². The van der Waals surface area contributed by atoms with Crippen molar-refractivity contribution in [1.82, 2.24) is 0 Å². The minimum atomic E-state index is -0.359. The van der Waals surface area contributed by atoms with Gasteiger partial charge in [-0.15, -0.1) is 0 Å². The van der Waals surface area contributed by atoms with Crippen LogP contribution < -0.4 is 0 Å². The number of rotatable bonds is 6. The number of hydrogen-bond acceptors (Lipinski definition) is 5. The van der Waals surface area contributed by atoms with Crippen molar-refractivity contribution >= 4 is 11.9 Å². The van der Waals surface area contributed by atoms with Crippen molar-refractivity contribution in [3.05, 3.63) is 83.9 Å². The Morgan fingerprint density at radius 3 is 1.52 bits per heavy atom. The second kappa shape index (κ2) is 7.76. The molecule has 0 aliphatic carbocycles. The van der Waals surface area contributed by atoms with Crippen LogP contribution in [0.1, 0.15) is 20.7 Å². The Labute approximate surface area is 157 Å². The molecule has 2 aromatic rings. The molecule has 2 aliphatic heterocycles. The standard InChI is InChI=1S/C22H20O5/c23-21(15-7-3-1-4-8-15)25-13-17-18(20-12-11-19(17)27-20)14-26-22(24)16-9-5-2-6-10-16/h1-12,17-20H,13-14H2/t17-,18+,19+,20-. The third kappa shape index (κ3) is 3.78. The molecular weight excluding hydrogens is 344 g/mol. The molecule has 138 valence electrons. The van der Waals surface area contributed by atoms with Crippen LogP contribution in [0.25, 0.3) is 0 Å². The molecular formula is C22H20O5. The SMILES string of the molecule is O=C(OC[C@@H]1[C@H](COC(=O)c2ccccc2)[C@H]2C=C[C@@H]1O2)c1ccccc1. The summed E-state index contributed by atoms with van der Waals surface area (Å²) in [4.78, 5) is 24.4. The number of carbonyl (C=O) groups excluding carboxylic acids is 2. The molecule has 0 unspecified atom stereocenters. The first kappa shape index (κ1) is 17.5. The molecule has 0 amide bonds. The van der Waals surface area contributed by atoms with Gasteiger partial charge in [0.05, 0.1) is 36.5 Å². The van der Waals surface area contributed by atoms with Gasteiger partial charge in [0, 0.05) is 11.8 Å². The maximum Gasteiger partial charge on any atom is 0.338 e. The van der Waals surface area contributed by atoms with Gasteiger partial charge < -0.3 is 14.2 Å². The lowest BCUT2D eigenvalue weighted by atomic mass is 9.84. The predicted octanol–water partition coefficient (Wildman–Crippen LogP) is 3.27. The summed E-state index contributed by atoms with van der Waals surface area (Å²) in [5, 5.41) is 0. The van der Waals surface area contributed by atoms with Crippen molar-refractivity contribution in [2.75, 3.05) is 13.2 Å². The van der Waals surface area contributed by atoms with Crippen LogP contribution in [0.15, 0.2) is 72.8 Å². The molecule has 1 fully saturated rings. The van der Waals surface area contributed by atoms with E-state index in [-0.39, 0.29) is 49.2 Å². The monoisotopic (exact) mass is 364 g/mol. The van der Waals surface area contributed by atoms with Gasteiger partial charge in [-0.05, 0) is 24.3 Å². The molecule has 1 saturated heterocycles. The average Bonchev–Trinajstić information content (AvgIpc) is 3.33. The first-order chi connectivity index (χ1) is 13.2. The molecule has 2 aromatic carbocycles. The summed E-state index contributed by atoms with van der Waals surface area (Å²) in [5.41, 5.74) is 1.04. The van der Waals surface area contributed by atoms with E-state index >= 15 is 0 Å². The molecule has 0 saturated carbocycles. The van der Waals surface area contributed by atoms with Crippen molar-refractivity contribution in [3.8, 4) is 0 Å². The van der Waals surface area contributed by atoms with E-state index in [9.17, 15) is 9.59 Å². The molecule has 4 rings (SSSR count). The average molecular weight is 364 g/mol. The van der Waals surface area contributed by atoms with Crippen LogP contribution in [0.5, 0.6) is 0 Å². The van der Waals surface area contributed by atoms with Crippen molar-refractivity contribution < 1.29 is 23.8 Å². The molecule has 0 spiro atoms. The van der Waals surface area contributed by atoms with Crippen molar-refractivity contribution in [1.29, 1.82) is 0 Å². The Kier molecular flexibility index (Phi) is 5.03. The second-order valence-corrected chi connectivity index (χ2v) is 6.71. The minimum Gasteiger partial charge on any atom is -0.462 e. The van der Waals surface area contributed by atoms with Gasteiger partial charge in [0.15, 0.2) is 0 Å². The van der Waals surface area contributed by atoms with Crippen molar-refractivity contribution in [2.45, 2.75) is 12.2 Å². The van der Waals surface area contributed by atoms with Crippen molar-refractivity contribution in [2.24, 2.45) is 11.8 Å². The van der Waals surface area contributed by atoms with Gasteiger partial charge >= 0.3 is 11.9 Å². The summed E-state index contributed by atoms with van der Waals surface area (Å²) in [6.07, 6.45) is 3.75. The lowest BCUT2D eigenvalue weighted by molar-refractivity contribution is 0.0253. The molecule has 0 N–H and O–H groups in total. The van der Waals surface area contributed by atoms with E-state index in [1.165, 1.54) is 0 Å². The Hall–Kier alpha value is -2.92. The lowest BCUT2D eigenvalue weighted by Gasteiger charge is -2.24. The Morgan fingerprint density at radius 1 is 0.704 bits per heavy atom. The fraction of sp³-hybridized carbons (Fsp3) is 0.273. The summed E-state index contributed by atoms with van der Waals surface area (Å²) >= 11 is 0. The maximum atomic E-state index is 12.2. The topological polar surface area (TPSA) is 61.8 Å². The quantitative estimate of drug-likeness (QED) is 0.582. The highest BCUT2D eigenvalue weighted by Gasteiger charge is 2.47. The molecule has 0 aromatic heterocycles. The third-order valence-corrected chi connectivity index (χ3v) is 5.03. The van der Waals surface area contributed by atoms with E-state index in [0.717, 1.165) is 0 Å². The number of benzene rings is 2. The zero-order valence-electron chi connectivity index (χ0n) is 14.7. The van der Waals surface area contributed by atoms with Gasteiger partial charge in [0.2, 0.25) is 0 Å². The van der Waals surface area contributed by atoms with Crippen LogP contribution in [0.4, 0.5) is 0 Å². The fourth-order valence-corrected chi connectivity index (χ4v) is 3.56. The lowest BCUT2D eigenvalue weighted by Crippen LogP contribution is -2.33. The molecule has 5 nitrogen and oxygen atoms in total. The van der Waals surface area contributed by atoms with E-state index < -0.39 is 0 Å². The van der Waals surface area contributed by atoms with Crippen LogP contribution in [-0.2, 0) is 14.2 Å². The number of hydrogen-bond donors (Lipinski definition) is 0. The van der Waals surface area contributed by atoms with Gasteiger partial charge in [-0.3, -0.25) is 0 Å². The second-order valence-electron chi connectivity index (χ2n) is 6.71. The summed E-state index contributed by atoms with van der Waals surface area (Å²) < 4.78 is 16.9. The molecule has 2 heterocycles. The molecule has 2 bridgehead atoms. The number of esters is 2. The minimum absolute atomic E-state index is 0.0313. The van der Waals surface area contributed by atoms with E-state index in [4.69, 9.17) is 14.2 Å². The molecule has 2 aliphatic rings. The Morgan fingerprint density at radius 2 is 1.11 bits per heavy atom. The molecule has 27 heavy (non-hydrogen) atoms. The Bertz CT molecular complexity index is 761. The van der Waals surface area contributed by atoms with Crippen molar-refractivity contribution in [3.63, 3.8) is 0 Å². The van der Waals surface area contributed by atoms with E-state index in [1.54, 1.807) is 48.5 Å². The van der Waals surface area contributed by atoms with E-state index in [0.29, 0.717) is 11.1 Å². The zero-order valence-corrected chi connectivity index (χ0v) is 14.7. The predicted molar refractivity (Wildman–Crippen MR) is 98.2 cm³/mol.